The first-order valence-electron chi connectivity index (χ1n) is 10.2. The van der Waals surface area contributed by atoms with Crippen LogP contribution in [0.5, 0.6) is 11.5 Å². The molecule has 2 N–H and O–H groups in total. The van der Waals surface area contributed by atoms with Crippen LogP contribution in [0.3, 0.4) is 0 Å². The van der Waals surface area contributed by atoms with Gasteiger partial charge in [-0.25, -0.2) is 0 Å². The number of piperidine rings is 1. The van der Waals surface area contributed by atoms with E-state index in [9.17, 15) is 0 Å². The molecule has 1 saturated heterocycles. The fourth-order valence-corrected chi connectivity index (χ4v) is 3.51. The molecule has 0 unspecified atom stereocenters. The number of benzene rings is 2. The molecule has 0 amide bonds. The monoisotopic (exact) mass is 396 g/mol. The molecule has 0 aliphatic carbocycles. The fourth-order valence-electron chi connectivity index (χ4n) is 3.51. The standard InChI is InChI=1S/C23H32N4O2/c1-17-11-13-27(14-12-17)20-8-5-18(6-9-20)16-25-23(24-2)26-19-7-10-21(28-3)22(15-19)29-4/h5-10,15,17H,11-14,16H2,1-4H3,(H2,24,25,26). The SMILES string of the molecule is CN=C(NCc1ccc(N2CCC(C)CC2)cc1)Nc1ccc(OC)c(OC)c1. The molecule has 6 heteroatoms. The third kappa shape index (κ3) is 5.56. The first-order chi connectivity index (χ1) is 14.1. The zero-order chi connectivity index (χ0) is 20.6. The van der Waals surface area contributed by atoms with Crippen molar-refractivity contribution in [2.45, 2.75) is 26.3 Å². The van der Waals surface area contributed by atoms with Crippen molar-refractivity contribution in [1.82, 2.24) is 5.32 Å². The number of guanidine groups is 1. The van der Waals surface area contributed by atoms with Crippen LogP contribution < -0.4 is 25.0 Å². The summed E-state index contributed by atoms with van der Waals surface area (Å²) >= 11 is 0. The Hall–Kier alpha value is -2.89. The minimum absolute atomic E-state index is 0.677. The van der Waals surface area contributed by atoms with E-state index in [2.05, 4.69) is 51.7 Å². The molecule has 1 aliphatic rings. The lowest BCUT2D eigenvalue weighted by Gasteiger charge is -2.32. The largest absolute Gasteiger partial charge is 0.493 e. The highest BCUT2D eigenvalue weighted by molar-refractivity contribution is 5.93. The Balaban J connectivity index is 1.55. The third-order valence-electron chi connectivity index (χ3n) is 5.41. The van der Waals surface area contributed by atoms with Gasteiger partial charge in [0.25, 0.3) is 0 Å². The average molecular weight is 397 g/mol. The van der Waals surface area contributed by atoms with Crippen molar-refractivity contribution < 1.29 is 9.47 Å². The van der Waals surface area contributed by atoms with Gasteiger partial charge in [-0.1, -0.05) is 19.1 Å². The molecule has 1 heterocycles. The molecular weight excluding hydrogens is 364 g/mol. The van der Waals surface area contributed by atoms with E-state index < -0.39 is 0 Å². The van der Waals surface area contributed by atoms with Crippen molar-refractivity contribution in [3.63, 3.8) is 0 Å². The summed E-state index contributed by atoms with van der Waals surface area (Å²) in [7, 11) is 5.02. The molecule has 3 rings (SSSR count). The number of rotatable bonds is 6. The van der Waals surface area contributed by atoms with E-state index in [-0.39, 0.29) is 0 Å². The second-order valence-corrected chi connectivity index (χ2v) is 7.46. The molecule has 1 fully saturated rings. The Morgan fingerprint density at radius 3 is 2.34 bits per heavy atom. The minimum Gasteiger partial charge on any atom is -0.493 e. The number of nitrogens with one attached hydrogen (secondary N) is 2. The molecule has 6 nitrogen and oxygen atoms in total. The molecule has 2 aromatic rings. The summed E-state index contributed by atoms with van der Waals surface area (Å²) in [5.74, 6) is 2.92. The van der Waals surface area contributed by atoms with Gasteiger partial charge in [0.1, 0.15) is 0 Å². The Bertz CT molecular complexity index is 812. The molecule has 29 heavy (non-hydrogen) atoms. The Morgan fingerprint density at radius 2 is 1.72 bits per heavy atom. The summed E-state index contributed by atoms with van der Waals surface area (Å²) < 4.78 is 10.6. The molecule has 1 aliphatic heterocycles. The van der Waals surface area contributed by atoms with Crippen molar-refractivity contribution in [1.29, 1.82) is 0 Å². The van der Waals surface area contributed by atoms with Crippen LogP contribution in [0, 0.1) is 5.92 Å². The van der Waals surface area contributed by atoms with E-state index in [1.807, 2.05) is 18.2 Å². The lowest BCUT2D eigenvalue weighted by Crippen LogP contribution is -2.32. The summed E-state index contributed by atoms with van der Waals surface area (Å²) in [6.07, 6.45) is 2.56. The van der Waals surface area contributed by atoms with E-state index in [0.29, 0.717) is 24.0 Å². The van der Waals surface area contributed by atoms with Gasteiger partial charge in [-0.3, -0.25) is 4.99 Å². The van der Waals surface area contributed by atoms with Crippen molar-refractivity contribution in [2.24, 2.45) is 10.9 Å². The van der Waals surface area contributed by atoms with Gasteiger partial charge in [-0.05, 0) is 48.6 Å². The highest BCUT2D eigenvalue weighted by Crippen LogP contribution is 2.29. The van der Waals surface area contributed by atoms with E-state index >= 15 is 0 Å². The highest BCUT2D eigenvalue weighted by atomic mass is 16.5. The maximum Gasteiger partial charge on any atom is 0.195 e. The summed E-state index contributed by atoms with van der Waals surface area (Å²) in [6.45, 7) is 5.35. The summed E-state index contributed by atoms with van der Waals surface area (Å²) in [4.78, 5) is 6.79. The molecule has 2 aromatic carbocycles. The van der Waals surface area contributed by atoms with Crippen molar-refractivity contribution in [2.75, 3.05) is 44.6 Å². The molecule has 0 atom stereocenters. The van der Waals surface area contributed by atoms with Gasteiger partial charge in [0.05, 0.1) is 14.2 Å². The highest BCUT2D eigenvalue weighted by Gasteiger charge is 2.15. The number of ether oxygens (including phenoxy) is 2. The summed E-state index contributed by atoms with van der Waals surface area (Å²) in [5.41, 5.74) is 3.41. The number of anilines is 2. The Morgan fingerprint density at radius 1 is 1.03 bits per heavy atom. The zero-order valence-corrected chi connectivity index (χ0v) is 17.9. The van der Waals surface area contributed by atoms with Crippen molar-refractivity contribution in [3.8, 4) is 11.5 Å². The molecule has 0 spiro atoms. The van der Waals surface area contributed by atoms with Crippen molar-refractivity contribution in [3.05, 3.63) is 48.0 Å². The van der Waals surface area contributed by atoms with Gasteiger partial charge in [0.2, 0.25) is 0 Å². The molecule has 0 saturated carbocycles. The topological polar surface area (TPSA) is 58.1 Å². The van der Waals surface area contributed by atoms with Crippen LogP contribution in [0.25, 0.3) is 0 Å². The van der Waals surface area contributed by atoms with Crippen LogP contribution in [0.4, 0.5) is 11.4 Å². The van der Waals surface area contributed by atoms with Crippen LogP contribution in [-0.4, -0.2) is 40.3 Å². The second kappa shape index (κ2) is 10.0. The van der Waals surface area contributed by atoms with Crippen LogP contribution in [0.15, 0.2) is 47.5 Å². The number of hydrogen-bond acceptors (Lipinski definition) is 4. The second-order valence-electron chi connectivity index (χ2n) is 7.46. The van der Waals surface area contributed by atoms with Crippen LogP contribution in [0.2, 0.25) is 0 Å². The summed E-state index contributed by atoms with van der Waals surface area (Å²) in [6, 6.07) is 14.5. The zero-order valence-electron chi connectivity index (χ0n) is 17.9. The number of methoxy groups -OCH3 is 2. The van der Waals surface area contributed by atoms with E-state index in [4.69, 9.17) is 9.47 Å². The summed E-state index contributed by atoms with van der Waals surface area (Å²) in [5, 5.41) is 6.65. The number of nitrogens with zero attached hydrogens (tertiary/aromatic N) is 2. The fraction of sp³-hybridized carbons (Fsp3) is 0.435. The van der Waals surface area contributed by atoms with Gasteiger partial charge in [0, 0.05) is 44.1 Å². The first-order valence-corrected chi connectivity index (χ1v) is 10.2. The van der Waals surface area contributed by atoms with Crippen LogP contribution in [0.1, 0.15) is 25.3 Å². The minimum atomic E-state index is 0.677. The van der Waals surface area contributed by atoms with Gasteiger partial charge in [-0.15, -0.1) is 0 Å². The molecule has 156 valence electrons. The predicted octanol–water partition coefficient (Wildman–Crippen LogP) is 4.13. The molecule has 0 aromatic heterocycles. The van der Waals surface area contributed by atoms with Gasteiger partial charge in [0.15, 0.2) is 17.5 Å². The normalized spacial score (nSPS) is 15.2. The van der Waals surface area contributed by atoms with Crippen molar-refractivity contribution >= 4 is 17.3 Å². The predicted molar refractivity (Wildman–Crippen MR) is 120 cm³/mol. The van der Waals surface area contributed by atoms with E-state index in [0.717, 1.165) is 24.7 Å². The van der Waals surface area contributed by atoms with Crippen LogP contribution >= 0.6 is 0 Å². The number of aliphatic imine (C=N–C) groups is 1. The molecular formula is C23H32N4O2. The van der Waals surface area contributed by atoms with Gasteiger partial charge in [-0.2, -0.15) is 0 Å². The number of hydrogen-bond donors (Lipinski definition) is 2. The Kier molecular flexibility index (Phi) is 7.22. The van der Waals surface area contributed by atoms with Crippen LogP contribution in [-0.2, 0) is 6.54 Å². The average Bonchev–Trinajstić information content (AvgIpc) is 2.77. The maximum absolute atomic E-state index is 5.36. The lowest BCUT2D eigenvalue weighted by atomic mass is 9.99. The Labute approximate surface area is 173 Å². The maximum atomic E-state index is 5.36. The first kappa shape index (κ1) is 20.8. The van der Waals surface area contributed by atoms with E-state index in [1.165, 1.54) is 24.1 Å². The lowest BCUT2D eigenvalue weighted by molar-refractivity contribution is 0.355. The van der Waals surface area contributed by atoms with Gasteiger partial charge < -0.3 is 25.0 Å². The quantitative estimate of drug-likeness (QED) is 0.568. The third-order valence-corrected chi connectivity index (χ3v) is 5.41. The smallest absolute Gasteiger partial charge is 0.195 e. The molecule has 0 radical (unpaired) electrons. The van der Waals surface area contributed by atoms with Gasteiger partial charge >= 0.3 is 0 Å². The molecule has 0 bridgehead atoms. The van der Waals surface area contributed by atoms with E-state index in [1.54, 1.807) is 21.3 Å².